The molecule has 140 valence electrons. The summed E-state index contributed by atoms with van der Waals surface area (Å²) in [6.45, 7) is 0. The number of nitrogens with zero attached hydrogens (tertiary/aromatic N) is 3. The third kappa shape index (κ3) is 3.62. The lowest BCUT2D eigenvalue weighted by molar-refractivity contribution is 0.102. The topological polar surface area (TPSA) is 87.8 Å². The number of para-hydroxylation sites is 1. The largest absolute Gasteiger partial charge is 0.321 e. The van der Waals surface area contributed by atoms with Crippen LogP contribution >= 0.6 is 0 Å². The number of aromatic nitrogens is 2. The zero-order valence-corrected chi connectivity index (χ0v) is 15.4. The second kappa shape index (κ2) is 7.79. The maximum absolute atomic E-state index is 13.0. The Balaban J connectivity index is 1.78. The third-order valence-corrected chi connectivity index (χ3v) is 4.52. The van der Waals surface area contributed by atoms with Gasteiger partial charge in [0, 0.05) is 11.1 Å². The predicted octanol–water partition coefficient (Wildman–Crippen LogP) is 3.70. The van der Waals surface area contributed by atoms with E-state index in [1.807, 2.05) is 6.07 Å². The van der Waals surface area contributed by atoms with Gasteiger partial charge < -0.3 is 5.32 Å². The van der Waals surface area contributed by atoms with Crippen molar-refractivity contribution in [1.29, 1.82) is 5.26 Å². The Morgan fingerprint density at radius 1 is 0.931 bits per heavy atom. The highest BCUT2D eigenvalue weighted by atomic mass is 16.2. The van der Waals surface area contributed by atoms with E-state index in [0.29, 0.717) is 28.6 Å². The normalized spacial score (nSPS) is 10.4. The molecule has 6 heteroatoms. The minimum absolute atomic E-state index is 0.158. The number of nitriles is 1. The van der Waals surface area contributed by atoms with Crippen molar-refractivity contribution in [2.75, 3.05) is 5.32 Å². The summed E-state index contributed by atoms with van der Waals surface area (Å²) in [5.41, 5.74) is 1.90. The van der Waals surface area contributed by atoms with Gasteiger partial charge in [-0.25, -0.2) is 0 Å². The summed E-state index contributed by atoms with van der Waals surface area (Å²) < 4.78 is 1.24. The van der Waals surface area contributed by atoms with E-state index in [0.717, 1.165) is 5.56 Å². The quantitative estimate of drug-likeness (QED) is 0.585. The molecule has 6 nitrogen and oxygen atoms in total. The average Bonchev–Trinajstić information content (AvgIpc) is 2.76. The number of rotatable bonds is 4. The molecule has 0 radical (unpaired) electrons. The second-order valence-electron chi connectivity index (χ2n) is 6.43. The summed E-state index contributed by atoms with van der Waals surface area (Å²) in [7, 11) is 0. The first-order chi connectivity index (χ1) is 14.2. The van der Waals surface area contributed by atoms with Crippen molar-refractivity contribution >= 4 is 22.4 Å². The summed E-state index contributed by atoms with van der Waals surface area (Å²) in [5.74, 6) is -0.418. The Morgan fingerprint density at radius 2 is 1.59 bits per heavy atom. The van der Waals surface area contributed by atoms with Crippen LogP contribution in [0.2, 0.25) is 0 Å². The third-order valence-electron chi connectivity index (χ3n) is 4.52. The smallest absolute Gasteiger partial charge is 0.279 e. The van der Waals surface area contributed by atoms with Gasteiger partial charge in [-0.05, 0) is 35.9 Å². The van der Waals surface area contributed by atoms with Gasteiger partial charge in [0.1, 0.15) is 0 Å². The molecule has 3 aromatic carbocycles. The molecule has 0 aliphatic heterocycles. The van der Waals surface area contributed by atoms with Crippen LogP contribution in [0.4, 0.5) is 5.69 Å². The fourth-order valence-electron chi connectivity index (χ4n) is 3.09. The van der Waals surface area contributed by atoms with Crippen LogP contribution in [-0.4, -0.2) is 15.7 Å². The maximum Gasteiger partial charge on any atom is 0.279 e. The fraction of sp³-hybridized carbons (Fsp3) is 0.0435. The molecule has 1 amide bonds. The molecule has 0 fully saturated rings. The van der Waals surface area contributed by atoms with Gasteiger partial charge in [0.2, 0.25) is 0 Å². The Kier molecular flexibility index (Phi) is 4.87. The monoisotopic (exact) mass is 380 g/mol. The number of hydrogen-bond acceptors (Lipinski definition) is 4. The number of carbonyl (C=O) groups is 1. The van der Waals surface area contributed by atoms with E-state index >= 15 is 0 Å². The average molecular weight is 380 g/mol. The Hall–Kier alpha value is -4.24. The molecule has 29 heavy (non-hydrogen) atoms. The fourth-order valence-corrected chi connectivity index (χ4v) is 3.09. The van der Waals surface area contributed by atoms with Crippen molar-refractivity contribution in [1.82, 2.24) is 9.78 Å². The van der Waals surface area contributed by atoms with E-state index in [-0.39, 0.29) is 11.3 Å². The van der Waals surface area contributed by atoms with Crippen LogP contribution in [0.1, 0.15) is 16.1 Å². The van der Waals surface area contributed by atoms with Crippen LogP contribution in [0.25, 0.3) is 16.5 Å². The highest BCUT2D eigenvalue weighted by molar-refractivity contribution is 6.11. The highest BCUT2D eigenvalue weighted by Gasteiger charge is 2.17. The molecule has 0 aliphatic rings. The second-order valence-corrected chi connectivity index (χ2v) is 6.43. The van der Waals surface area contributed by atoms with Crippen LogP contribution in [0.3, 0.4) is 0 Å². The summed E-state index contributed by atoms with van der Waals surface area (Å²) >= 11 is 0. The molecule has 0 unspecified atom stereocenters. The van der Waals surface area contributed by atoms with Gasteiger partial charge >= 0.3 is 0 Å². The zero-order chi connectivity index (χ0) is 20.2. The molecule has 1 aromatic heterocycles. The van der Waals surface area contributed by atoms with Gasteiger partial charge in [-0.2, -0.15) is 15.0 Å². The summed E-state index contributed by atoms with van der Waals surface area (Å²) in [4.78, 5) is 25.9. The van der Waals surface area contributed by atoms with Gasteiger partial charge in [-0.15, -0.1) is 0 Å². The van der Waals surface area contributed by atoms with Crippen LogP contribution in [0.15, 0.2) is 83.7 Å². The van der Waals surface area contributed by atoms with Crippen molar-refractivity contribution in [2.45, 2.75) is 6.42 Å². The van der Waals surface area contributed by atoms with Gasteiger partial charge in [0.15, 0.2) is 5.69 Å². The Bertz CT molecular complexity index is 1290. The first kappa shape index (κ1) is 18.1. The Morgan fingerprint density at radius 3 is 2.28 bits per heavy atom. The first-order valence-electron chi connectivity index (χ1n) is 9.02. The van der Waals surface area contributed by atoms with Crippen LogP contribution < -0.4 is 10.9 Å². The SMILES string of the molecule is N#CCc1ccc(NC(=O)c2nn(-c3ccccc3)c(=O)c3ccccc23)cc1. The minimum atomic E-state index is -0.418. The van der Waals surface area contributed by atoms with Gasteiger partial charge in [0.05, 0.1) is 23.6 Å². The van der Waals surface area contributed by atoms with E-state index in [1.54, 1.807) is 72.8 Å². The van der Waals surface area contributed by atoms with Crippen LogP contribution in [-0.2, 0) is 6.42 Å². The van der Waals surface area contributed by atoms with Crippen molar-refractivity contribution < 1.29 is 4.79 Å². The van der Waals surface area contributed by atoms with Gasteiger partial charge in [-0.3, -0.25) is 9.59 Å². The first-order valence-corrected chi connectivity index (χ1v) is 9.02. The number of nitrogens with one attached hydrogen (secondary N) is 1. The Labute approximate surface area is 166 Å². The molecule has 0 atom stereocenters. The van der Waals surface area contributed by atoms with Crippen molar-refractivity contribution in [3.05, 3.63) is 100 Å². The van der Waals surface area contributed by atoms with Crippen LogP contribution in [0.5, 0.6) is 0 Å². The minimum Gasteiger partial charge on any atom is -0.321 e. The van der Waals surface area contributed by atoms with Crippen LogP contribution in [0, 0.1) is 11.3 Å². The molecule has 0 spiro atoms. The molecule has 1 heterocycles. The van der Waals surface area contributed by atoms with E-state index in [9.17, 15) is 9.59 Å². The van der Waals surface area contributed by atoms with Gasteiger partial charge in [0.25, 0.3) is 11.5 Å². The summed E-state index contributed by atoms with van der Waals surface area (Å²) in [6, 6.07) is 25.0. The lowest BCUT2D eigenvalue weighted by Gasteiger charge is -2.11. The van der Waals surface area contributed by atoms with Crippen molar-refractivity contribution in [3.8, 4) is 11.8 Å². The number of anilines is 1. The van der Waals surface area contributed by atoms with E-state index in [2.05, 4.69) is 16.5 Å². The molecule has 0 saturated heterocycles. The molecule has 4 rings (SSSR count). The molecule has 1 N–H and O–H groups in total. The highest BCUT2D eigenvalue weighted by Crippen LogP contribution is 2.17. The number of benzene rings is 3. The number of hydrogen-bond donors (Lipinski definition) is 1. The maximum atomic E-state index is 13.0. The standard InChI is InChI=1S/C23H16N4O2/c24-15-14-16-10-12-17(13-11-16)25-22(28)21-19-8-4-5-9-20(19)23(29)27(26-21)18-6-2-1-3-7-18/h1-13H,14H2,(H,25,28). The zero-order valence-electron chi connectivity index (χ0n) is 15.4. The molecule has 0 aliphatic carbocycles. The molecular formula is C23H16N4O2. The lowest BCUT2D eigenvalue weighted by atomic mass is 10.1. The van der Waals surface area contributed by atoms with Gasteiger partial charge in [-0.1, -0.05) is 48.5 Å². The number of fused-ring (bicyclic) bond motifs is 1. The van der Waals surface area contributed by atoms with E-state index < -0.39 is 5.91 Å². The predicted molar refractivity (Wildman–Crippen MR) is 111 cm³/mol. The molecular weight excluding hydrogens is 364 g/mol. The lowest BCUT2D eigenvalue weighted by Crippen LogP contribution is -2.26. The van der Waals surface area contributed by atoms with E-state index in [4.69, 9.17) is 5.26 Å². The van der Waals surface area contributed by atoms with Crippen molar-refractivity contribution in [3.63, 3.8) is 0 Å². The number of carbonyl (C=O) groups excluding carboxylic acids is 1. The van der Waals surface area contributed by atoms with Crippen molar-refractivity contribution in [2.24, 2.45) is 0 Å². The number of amides is 1. The molecule has 0 bridgehead atoms. The summed E-state index contributed by atoms with van der Waals surface area (Å²) in [5, 5.41) is 16.9. The molecule has 0 saturated carbocycles. The summed E-state index contributed by atoms with van der Waals surface area (Å²) in [6.07, 6.45) is 0.308. The molecule has 4 aromatic rings. The van der Waals surface area contributed by atoms with E-state index in [1.165, 1.54) is 4.68 Å².